The van der Waals surface area contributed by atoms with Crippen LogP contribution in [0.1, 0.15) is 33.1 Å². The average Bonchev–Trinajstić information content (AvgIpc) is 3.42. The molecule has 3 unspecified atom stereocenters. The molecule has 0 radical (unpaired) electrons. The van der Waals surface area contributed by atoms with Gasteiger partial charge in [0.05, 0.1) is 11.6 Å². The molecule has 0 bridgehead atoms. The van der Waals surface area contributed by atoms with Gasteiger partial charge >= 0.3 is 6.18 Å². The number of hydrazine groups is 1. The number of rotatable bonds is 6. The number of nitrogens with zero attached hydrogens (tertiary/aromatic N) is 6. The molecule has 3 aliphatic rings. The van der Waals surface area contributed by atoms with E-state index in [0.29, 0.717) is 50.4 Å². The normalized spacial score (nSPS) is 22.0. The second-order valence-corrected chi connectivity index (χ2v) is 11.6. The number of nitriles is 1. The van der Waals surface area contributed by atoms with Crippen molar-refractivity contribution < 1.29 is 22.8 Å². The quantitative estimate of drug-likeness (QED) is 0.434. The van der Waals surface area contributed by atoms with Gasteiger partial charge in [0, 0.05) is 76.4 Å². The van der Waals surface area contributed by atoms with Crippen LogP contribution in [0.15, 0.2) is 66.9 Å². The van der Waals surface area contributed by atoms with Crippen LogP contribution < -0.4 is 20.7 Å². The van der Waals surface area contributed by atoms with Crippen molar-refractivity contribution in [1.29, 1.82) is 5.26 Å². The van der Waals surface area contributed by atoms with Gasteiger partial charge in [0.15, 0.2) is 5.92 Å². The first-order valence-corrected chi connectivity index (χ1v) is 14.8. The van der Waals surface area contributed by atoms with Crippen LogP contribution in [0.3, 0.4) is 0 Å². The number of likely N-dealkylation sites (N-methyl/N-ethyl adjacent to an activating group) is 1. The number of piperazine rings is 1. The standard InChI is InChI=1S/C32H33F3N8O2/c1-40(20-27-25-8-3-2-5-23(25)19-43(27)26-18-38-39-30(44)29(26)32(33,34)35)24-7-4-6-22(15-24)31(45)42-13-11-41(12-14-42)28-10-9-21(16-36)17-37-28/h2-10,15,17,26-27,29,38H,11-14,18-20H2,1H3,(H,39,44). The number of benzene rings is 2. The minimum absolute atomic E-state index is 0.0391. The van der Waals surface area contributed by atoms with Gasteiger partial charge in [-0.15, -0.1) is 0 Å². The number of amides is 2. The van der Waals surface area contributed by atoms with Gasteiger partial charge in [0.1, 0.15) is 11.9 Å². The van der Waals surface area contributed by atoms with Crippen LogP contribution in [0, 0.1) is 17.2 Å². The fourth-order valence-corrected chi connectivity index (χ4v) is 6.53. The molecule has 2 aromatic carbocycles. The van der Waals surface area contributed by atoms with E-state index in [2.05, 4.69) is 26.8 Å². The number of halogens is 3. The maximum atomic E-state index is 14.1. The number of nitrogens with one attached hydrogen (secondary N) is 2. The van der Waals surface area contributed by atoms with Crippen molar-refractivity contribution in [3.05, 3.63) is 89.1 Å². The fourth-order valence-electron chi connectivity index (χ4n) is 6.53. The van der Waals surface area contributed by atoms with Crippen LogP contribution in [0.4, 0.5) is 24.7 Å². The summed E-state index contributed by atoms with van der Waals surface area (Å²) >= 11 is 0. The van der Waals surface area contributed by atoms with Crippen LogP contribution in [0.2, 0.25) is 0 Å². The average molecular weight is 619 g/mol. The number of hydrogen-bond acceptors (Lipinski definition) is 8. The summed E-state index contributed by atoms with van der Waals surface area (Å²) in [6.07, 6.45) is -3.16. The first-order valence-electron chi connectivity index (χ1n) is 14.8. The number of carbonyl (C=O) groups excluding carboxylic acids is 2. The molecule has 1 aromatic heterocycles. The minimum Gasteiger partial charge on any atom is -0.373 e. The Bertz CT molecular complexity index is 1600. The fraction of sp³-hybridized carbons (Fsp3) is 0.375. The van der Waals surface area contributed by atoms with Crippen molar-refractivity contribution in [2.45, 2.75) is 24.8 Å². The summed E-state index contributed by atoms with van der Waals surface area (Å²) in [6.45, 7) is 2.84. The summed E-state index contributed by atoms with van der Waals surface area (Å²) in [5, 5.41) is 9.01. The predicted molar refractivity (Wildman–Crippen MR) is 161 cm³/mol. The molecule has 10 nitrogen and oxygen atoms in total. The molecule has 234 valence electrons. The molecule has 4 heterocycles. The Morgan fingerprint density at radius 1 is 1.09 bits per heavy atom. The van der Waals surface area contributed by atoms with Gasteiger partial charge in [-0.1, -0.05) is 30.3 Å². The van der Waals surface area contributed by atoms with Crippen molar-refractivity contribution >= 4 is 23.3 Å². The highest BCUT2D eigenvalue weighted by atomic mass is 19.4. The highest BCUT2D eigenvalue weighted by molar-refractivity contribution is 5.95. The molecule has 3 aliphatic heterocycles. The lowest BCUT2D eigenvalue weighted by Crippen LogP contribution is -2.64. The molecule has 3 atom stereocenters. The lowest BCUT2D eigenvalue weighted by atomic mass is 9.93. The zero-order valence-corrected chi connectivity index (χ0v) is 24.7. The molecule has 3 aromatic rings. The van der Waals surface area contributed by atoms with Crippen LogP contribution in [-0.2, 0) is 11.3 Å². The smallest absolute Gasteiger partial charge is 0.373 e. The number of anilines is 2. The monoisotopic (exact) mass is 618 g/mol. The van der Waals surface area contributed by atoms with E-state index in [1.807, 2.05) is 60.5 Å². The van der Waals surface area contributed by atoms with Crippen molar-refractivity contribution in [2.24, 2.45) is 5.92 Å². The van der Waals surface area contributed by atoms with E-state index < -0.39 is 30.1 Å². The molecule has 2 amide bonds. The molecule has 2 fully saturated rings. The van der Waals surface area contributed by atoms with Crippen LogP contribution >= 0.6 is 0 Å². The number of fused-ring (bicyclic) bond motifs is 1. The van der Waals surface area contributed by atoms with E-state index in [4.69, 9.17) is 5.26 Å². The van der Waals surface area contributed by atoms with Crippen LogP contribution in [-0.4, -0.2) is 85.1 Å². The van der Waals surface area contributed by atoms with Gasteiger partial charge in [-0.05, 0) is 41.5 Å². The molecule has 6 rings (SSSR count). The Morgan fingerprint density at radius 3 is 2.58 bits per heavy atom. The highest BCUT2D eigenvalue weighted by Crippen LogP contribution is 2.41. The predicted octanol–water partition coefficient (Wildman–Crippen LogP) is 3.09. The van der Waals surface area contributed by atoms with Gasteiger partial charge in [0.25, 0.3) is 5.91 Å². The first kappa shape index (κ1) is 30.4. The zero-order valence-electron chi connectivity index (χ0n) is 24.7. The molecule has 2 saturated heterocycles. The van der Waals surface area contributed by atoms with Crippen molar-refractivity contribution in [2.75, 3.05) is 56.1 Å². The van der Waals surface area contributed by atoms with E-state index >= 15 is 0 Å². The summed E-state index contributed by atoms with van der Waals surface area (Å²) in [4.78, 5) is 37.9. The van der Waals surface area contributed by atoms with E-state index in [1.54, 1.807) is 21.9 Å². The number of pyridine rings is 1. The third-order valence-corrected chi connectivity index (χ3v) is 8.88. The van der Waals surface area contributed by atoms with Crippen molar-refractivity contribution in [3.63, 3.8) is 0 Å². The molecule has 2 N–H and O–H groups in total. The Hall–Kier alpha value is -4.67. The van der Waals surface area contributed by atoms with E-state index in [9.17, 15) is 22.8 Å². The summed E-state index contributed by atoms with van der Waals surface area (Å²) in [7, 11) is 1.86. The number of aromatic nitrogens is 1. The highest BCUT2D eigenvalue weighted by Gasteiger charge is 2.55. The molecule has 0 saturated carbocycles. The summed E-state index contributed by atoms with van der Waals surface area (Å²) in [5.74, 6) is -2.58. The zero-order chi connectivity index (χ0) is 31.7. The topological polar surface area (TPSA) is 108 Å². The van der Waals surface area contributed by atoms with Gasteiger partial charge in [-0.2, -0.15) is 18.4 Å². The summed E-state index contributed by atoms with van der Waals surface area (Å²) in [5.41, 5.74) is 8.44. The minimum atomic E-state index is -4.69. The molecular formula is C32H33F3N8O2. The van der Waals surface area contributed by atoms with Crippen molar-refractivity contribution in [1.82, 2.24) is 25.6 Å². The molecule has 13 heteroatoms. The lowest BCUT2D eigenvalue weighted by Gasteiger charge is -2.42. The largest absolute Gasteiger partial charge is 0.402 e. The molecule has 45 heavy (non-hydrogen) atoms. The summed E-state index contributed by atoms with van der Waals surface area (Å²) in [6, 6.07) is 19.0. The molecule has 0 spiro atoms. The van der Waals surface area contributed by atoms with Gasteiger partial charge in [0.2, 0.25) is 5.91 Å². The first-order chi connectivity index (χ1) is 21.6. The Balaban J connectivity index is 1.17. The summed E-state index contributed by atoms with van der Waals surface area (Å²) < 4.78 is 42.3. The number of carbonyl (C=O) groups is 2. The second-order valence-electron chi connectivity index (χ2n) is 11.6. The molecular weight excluding hydrogens is 585 g/mol. The Morgan fingerprint density at radius 2 is 1.87 bits per heavy atom. The number of hydrogen-bond donors (Lipinski definition) is 2. The van der Waals surface area contributed by atoms with E-state index in [-0.39, 0.29) is 12.5 Å². The maximum Gasteiger partial charge on any atom is 0.402 e. The maximum absolute atomic E-state index is 14.1. The van der Waals surface area contributed by atoms with E-state index in [1.165, 1.54) is 6.20 Å². The molecule has 0 aliphatic carbocycles. The lowest BCUT2D eigenvalue weighted by molar-refractivity contribution is -0.202. The van der Waals surface area contributed by atoms with E-state index in [0.717, 1.165) is 22.6 Å². The van der Waals surface area contributed by atoms with Crippen LogP contribution in [0.25, 0.3) is 0 Å². The SMILES string of the molecule is CN(CC1c2ccccc2CN1C1CNNC(=O)C1C(F)(F)F)c1cccc(C(=O)N2CCN(c3ccc(C#N)cn3)CC2)c1. The van der Waals surface area contributed by atoms with Crippen molar-refractivity contribution in [3.8, 4) is 6.07 Å². The van der Waals surface area contributed by atoms with Crippen LogP contribution in [0.5, 0.6) is 0 Å². The van der Waals surface area contributed by atoms with Gasteiger partial charge in [-0.3, -0.25) is 19.9 Å². The Kier molecular flexibility index (Phi) is 8.35. The second kappa shape index (κ2) is 12.4. The Labute approximate surface area is 259 Å². The third-order valence-electron chi connectivity index (χ3n) is 8.88. The number of alkyl halides is 3. The van der Waals surface area contributed by atoms with Gasteiger partial charge in [-0.25, -0.2) is 10.4 Å². The van der Waals surface area contributed by atoms with Gasteiger partial charge < -0.3 is 14.7 Å². The third kappa shape index (κ3) is 6.16.